The van der Waals surface area contributed by atoms with E-state index in [1.807, 2.05) is 6.92 Å². The van der Waals surface area contributed by atoms with E-state index in [1.165, 1.54) is 12.1 Å². The summed E-state index contributed by atoms with van der Waals surface area (Å²) < 4.78 is 38.3. The maximum atomic E-state index is 12.5. The third-order valence-electron chi connectivity index (χ3n) is 3.43. The molecule has 7 heteroatoms. The number of rotatable bonds is 7. The number of benzene rings is 2. The van der Waals surface area contributed by atoms with E-state index in [9.17, 15) is 8.42 Å². The monoisotopic (exact) mass is 369 g/mol. The Balaban J connectivity index is 2.24. The molecule has 2 rings (SSSR count). The van der Waals surface area contributed by atoms with Crippen LogP contribution in [0.4, 0.5) is 0 Å². The van der Waals surface area contributed by atoms with Gasteiger partial charge in [0.2, 0.25) is 10.0 Å². The summed E-state index contributed by atoms with van der Waals surface area (Å²) in [4.78, 5) is 0.125. The second-order valence-corrected chi connectivity index (χ2v) is 7.29. The molecule has 1 atom stereocenters. The summed E-state index contributed by atoms with van der Waals surface area (Å²) in [6, 6.07) is 11.0. The smallest absolute Gasteiger partial charge is 0.241 e. The van der Waals surface area contributed by atoms with Crippen LogP contribution in [0, 0.1) is 0 Å². The van der Waals surface area contributed by atoms with Crippen molar-refractivity contribution in [1.29, 1.82) is 0 Å². The molecule has 0 aliphatic heterocycles. The molecule has 0 radical (unpaired) electrons. The van der Waals surface area contributed by atoms with Gasteiger partial charge in [-0.15, -0.1) is 0 Å². The number of sulfonamides is 1. The number of methoxy groups -OCH3 is 1. The lowest BCUT2D eigenvalue weighted by molar-refractivity contribution is 0.310. The zero-order valence-electron chi connectivity index (χ0n) is 13.7. The molecule has 1 unspecified atom stereocenters. The minimum Gasteiger partial charge on any atom is -0.493 e. The lowest BCUT2D eigenvalue weighted by Crippen LogP contribution is -2.26. The summed E-state index contributed by atoms with van der Waals surface area (Å²) in [7, 11) is -2.13. The second kappa shape index (κ2) is 7.88. The lowest BCUT2D eigenvalue weighted by Gasteiger charge is -2.17. The highest BCUT2D eigenvalue weighted by Crippen LogP contribution is 2.30. The predicted octanol–water partition coefficient (Wildman–Crippen LogP) is 3.79. The van der Waals surface area contributed by atoms with Crippen LogP contribution in [-0.2, 0) is 10.0 Å². The van der Waals surface area contributed by atoms with Crippen molar-refractivity contribution in [2.45, 2.75) is 24.8 Å². The average Bonchev–Trinajstić information content (AvgIpc) is 2.55. The van der Waals surface area contributed by atoms with Gasteiger partial charge in [-0.05, 0) is 49.7 Å². The fraction of sp³-hybridized carbons (Fsp3) is 0.294. The largest absolute Gasteiger partial charge is 0.493 e. The van der Waals surface area contributed by atoms with E-state index >= 15 is 0 Å². The van der Waals surface area contributed by atoms with Gasteiger partial charge in [-0.25, -0.2) is 13.1 Å². The molecule has 0 saturated heterocycles. The molecule has 24 heavy (non-hydrogen) atoms. The number of nitrogens with one attached hydrogen (secondary N) is 1. The molecule has 5 nitrogen and oxygen atoms in total. The summed E-state index contributed by atoms with van der Waals surface area (Å²) >= 11 is 5.87. The van der Waals surface area contributed by atoms with E-state index in [4.69, 9.17) is 21.1 Å². The van der Waals surface area contributed by atoms with Crippen LogP contribution < -0.4 is 14.2 Å². The fourth-order valence-electron chi connectivity index (χ4n) is 2.23. The van der Waals surface area contributed by atoms with Crippen LogP contribution in [0.2, 0.25) is 5.02 Å². The van der Waals surface area contributed by atoms with E-state index in [0.29, 0.717) is 23.1 Å². The first-order chi connectivity index (χ1) is 11.4. The van der Waals surface area contributed by atoms with Gasteiger partial charge in [0.25, 0.3) is 0 Å². The van der Waals surface area contributed by atoms with Gasteiger partial charge in [0, 0.05) is 11.1 Å². The molecule has 0 aliphatic carbocycles. The maximum Gasteiger partial charge on any atom is 0.241 e. The van der Waals surface area contributed by atoms with Crippen molar-refractivity contribution in [2.24, 2.45) is 0 Å². The lowest BCUT2D eigenvalue weighted by atomic mass is 10.1. The normalized spacial score (nSPS) is 12.7. The zero-order valence-corrected chi connectivity index (χ0v) is 15.3. The van der Waals surface area contributed by atoms with Crippen LogP contribution >= 0.6 is 11.6 Å². The summed E-state index contributed by atoms with van der Waals surface area (Å²) in [6.07, 6.45) is 0. The standard InChI is InChI=1S/C17H20ClNO4S/c1-4-23-16-9-8-13(10-17(16)22-3)12(2)19-24(20,21)15-7-5-6-14(18)11-15/h5-12,19H,4H2,1-3H3. The molecule has 0 bridgehead atoms. The number of hydrogen-bond donors (Lipinski definition) is 1. The van der Waals surface area contributed by atoms with E-state index in [0.717, 1.165) is 5.56 Å². The minimum atomic E-state index is -3.68. The highest BCUT2D eigenvalue weighted by atomic mass is 35.5. The van der Waals surface area contributed by atoms with E-state index < -0.39 is 16.1 Å². The number of hydrogen-bond acceptors (Lipinski definition) is 4. The van der Waals surface area contributed by atoms with Gasteiger partial charge in [0.1, 0.15) is 0 Å². The summed E-state index contributed by atoms with van der Waals surface area (Å²) in [6.45, 7) is 4.17. The van der Waals surface area contributed by atoms with Gasteiger partial charge < -0.3 is 9.47 Å². The Morgan fingerprint density at radius 2 is 1.92 bits per heavy atom. The van der Waals surface area contributed by atoms with E-state index in [-0.39, 0.29) is 4.90 Å². The van der Waals surface area contributed by atoms with Crippen LogP contribution in [0.25, 0.3) is 0 Å². The molecule has 2 aromatic rings. The molecule has 130 valence electrons. The molecule has 0 aromatic heterocycles. The molecular formula is C17H20ClNO4S. The van der Waals surface area contributed by atoms with Crippen LogP contribution in [0.15, 0.2) is 47.4 Å². The third-order valence-corrected chi connectivity index (χ3v) is 5.20. The van der Waals surface area contributed by atoms with Crippen molar-refractivity contribution in [3.63, 3.8) is 0 Å². The maximum absolute atomic E-state index is 12.5. The summed E-state index contributed by atoms with van der Waals surface area (Å²) in [5.41, 5.74) is 0.765. The highest BCUT2D eigenvalue weighted by molar-refractivity contribution is 7.89. The third kappa shape index (κ3) is 4.41. The van der Waals surface area contributed by atoms with Gasteiger partial charge in [-0.2, -0.15) is 0 Å². The van der Waals surface area contributed by atoms with Crippen molar-refractivity contribution in [3.8, 4) is 11.5 Å². The van der Waals surface area contributed by atoms with Crippen molar-refractivity contribution in [3.05, 3.63) is 53.1 Å². The minimum absolute atomic E-state index is 0.125. The SMILES string of the molecule is CCOc1ccc(C(C)NS(=O)(=O)c2cccc(Cl)c2)cc1OC. The van der Waals surface area contributed by atoms with Crippen molar-refractivity contribution < 1.29 is 17.9 Å². The number of halogens is 1. The molecule has 0 aliphatic rings. The second-order valence-electron chi connectivity index (χ2n) is 5.14. The van der Waals surface area contributed by atoms with Crippen LogP contribution in [0.1, 0.15) is 25.5 Å². The Kier molecular flexibility index (Phi) is 6.10. The predicted molar refractivity (Wildman–Crippen MR) is 94.4 cm³/mol. The van der Waals surface area contributed by atoms with Gasteiger partial charge in [0.05, 0.1) is 18.6 Å². The van der Waals surface area contributed by atoms with Gasteiger partial charge in [0.15, 0.2) is 11.5 Å². The fourth-order valence-corrected chi connectivity index (χ4v) is 3.76. The molecule has 2 aromatic carbocycles. The van der Waals surface area contributed by atoms with Crippen LogP contribution in [0.3, 0.4) is 0 Å². The molecule has 1 N–H and O–H groups in total. The van der Waals surface area contributed by atoms with Gasteiger partial charge in [-0.1, -0.05) is 23.7 Å². The molecular weight excluding hydrogens is 350 g/mol. The van der Waals surface area contributed by atoms with Crippen molar-refractivity contribution in [2.75, 3.05) is 13.7 Å². The molecule has 0 fully saturated rings. The first kappa shape index (κ1) is 18.6. The summed E-state index contributed by atoms with van der Waals surface area (Å²) in [5, 5.41) is 0.369. The topological polar surface area (TPSA) is 64.6 Å². The molecule has 0 spiro atoms. The number of ether oxygens (including phenoxy) is 2. The summed E-state index contributed by atoms with van der Waals surface area (Å²) in [5.74, 6) is 1.18. The molecule has 0 heterocycles. The highest BCUT2D eigenvalue weighted by Gasteiger charge is 2.19. The molecule has 0 saturated carbocycles. The zero-order chi connectivity index (χ0) is 17.7. The van der Waals surface area contributed by atoms with Crippen molar-refractivity contribution >= 4 is 21.6 Å². The van der Waals surface area contributed by atoms with Crippen molar-refractivity contribution in [1.82, 2.24) is 4.72 Å². The van der Waals surface area contributed by atoms with Gasteiger partial charge in [-0.3, -0.25) is 0 Å². The van der Waals surface area contributed by atoms with Crippen LogP contribution in [-0.4, -0.2) is 22.1 Å². The Bertz CT molecular complexity index is 808. The van der Waals surface area contributed by atoms with Crippen LogP contribution in [0.5, 0.6) is 11.5 Å². The Morgan fingerprint density at radius 1 is 1.17 bits per heavy atom. The average molecular weight is 370 g/mol. The Hall–Kier alpha value is -1.76. The van der Waals surface area contributed by atoms with Gasteiger partial charge >= 0.3 is 0 Å². The van der Waals surface area contributed by atoms with E-state index in [2.05, 4.69) is 4.72 Å². The Morgan fingerprint density at radius 3 is 2.54 bits per heavy atom. The van der Waals surface area contributed by atoms with E-state index in [1.54, 1.807) is 44.4 Å². The first-order valence-corrected chi connectivity index (χ1v) is 9.32. The Labute approximate surface area is 147 Å². The quantitative estimate of drug-likeness (QED) is 0.806. The molecule has 0 amide bonds. The first-order valence-electron chi connectivity index (χ1n) is 7.46.